The van der Waals surface area contributed by atoms with E-state index in [0.717, 1.165) is 55.7 Å². The van der Waals surface area contributed by atoms with E-state index in [4.69, 9.17) is 4.74 Å². The molecule has 1 aliphatic heterocycles. The lowest BCUT2D eigenvalue weighted by Gasteiger charge is -2.26. The molecule has 1 saturated heterocycles. The molecule has 0 aliphatic carbocycles. The zero-order chi connectivity index (χ0) is 17.9. The molecule has 0 atom stereocenters. The fraction of sp³-hybridized carbons (Fsp3) is 0.333. The number of ether oxygens (including phenoxy) is 1. The Morgan fingerprint density at radius 2 is 2.00 bits per heavy atom. The molecule has 0 saturated carbocycles. The Hall–Kier alpha value is -2.37. The van der Waals surface area contributed by atoms with Gasteiger partial charge in [-0.15, -0.1) is 0 Å². The summed E-state index contributed by atoms with van der Waals surface area (Å²) < 4.78 is 19.4. The molecular weight excluding hydrogens is 329 g/mol. The van der Waals surface area contributed by atoms with Gasteiger partial charge < -0.3 is 4.74 Å². The minimum absolute atomic E-state index is 0.300. The largest absolute Gasteiger partial charge is 0.379 e. The third kappa shape index (κ3) is 3.59. The number of benzene rings is 1. The second-order valence-corrected chi connectivity index (χ2v) is 6.71. The summed E-state index contributed by atoms with van der Waals surface area (Å²) in [7, 11) is 0. The second kappa shape index (κ2) is 7.48. The number of nitrogens with zero attached hydrogens (tertiary/aromatic N) is 3. The van der Waals surface area contributed by atoms with Crippen molar-refractivity contribution in [2.24, 2.45) is 0 Å². The van der Waals surface area contributed by atoms with E-state index in [0.29, 0.717) is 11.4 Å². The molecule has 1 fully saturated rings. The predicted molar refractivity (Wildman–Crippen MR) is 101 cm³/mol. The summed E-state index contributed by atoms with van der Waals surface area (Å²) in [5, 5.41) is 1.12. The van der Waals surface area contributed by atoms with Crippen LogP contribution < -0.4 is 0 Å². The molecule has 1 aliphatic rings. The van der Waals surface area contributed by atoms with Crippen molar-refractivity contribution in [3.05, 3.63) is 59.5 Å². The number of hydrogen-bond donors (Lipinski definition) is 0. The van der Waals surface area contributed by atoms with Gasteiger partial charge in [-0.05, 0) is 54.8 Å². The molecule has 3 heterocycles. The first-order valence-corrected chi connectivity index (χ1v) is 9.02. The Morgan fingerprint density at radius 1 is 1.15 bits per heavy atom. The van der Waals surface area contributed by atoms with Crippen LogP contribution in [-0.4, -0.2) is 47.7 Å². The average molecular weight is 351 g/mol. The van der Waals surface area contributed by atoms with Crippen LogP contribution in [0.3, 0.4) is 0 Å². The van der Waals surface area contributed by atoms with Gasteiger partial charge in [-0.1, -0.05) is 6.07 Å². The Labute approximate surface area is 152 Å². The van der Waals surface area contributed by atoms with Crippen molar-refractivity contribution in [3.63, 3.8) is 0 Å². The third-order valence-electron chi connectivity index (χ3n) is 4.90. The molecular formula is C21H22FN3O. The van der Waals surface area contributed by atoms with Gasteiger partial charge in [-0.2, -0.15) is 0 Å². The van der Waals surface area contributed by atoms with Crippen molar-refractivity contribution in [1.29, 1.82) is 0 Å². The number of pyridine rings is 2. The van der Waals surface area contributed by atoms with E-state index in [-0.39, 0.29) is 5.82 Å². The van der Waals surface area contributed by atoms with E-state index in [9.17, 15) is 4.39 Å². The second-order valence-electron chi connectivity index (χ2n) is 6.71. The van der Waals surface area contributed by atoms with Gasteiger partial charge in [-0.3, -0.25) is 9.88 Å². The van der Waals surface area contributed by atoms with Crippen LogP contribution in [-0.2, 0) is 11.2 Å². The zero-order valence-corrected chi connectivity index (χ0v) is 14.9. The van der Waals surface area contributed by atoms with Crippen molar-refractivity contribution >= 4 is 10.9 Å². The standard InChI is InChI=1S/C21H22FN3O/c1-15-13-20(21-18(22)3-2-7-23-21)24-19-5-4-16(14-17(15)19)6-8-25-9-11-26-12-10-25/h2-5,7,13-14H,6,8-12H2,1H3. The average Bonchev–Trinajstić information content (AvgIpc) is 2.67. The maximum Gasteiger partial charge on any atom is 0.151 e. The lowest BCUT2D eigenvalue weighted by Crippen LogP contribution is -2.37. The van der Waals surface area contributed by atoms with Crippen molar-refractivity contribution in [2.75, 3.05) is 32.8 Å². The van der Waals surface area contributed by atoms with Crippen LogP contribution in [0.25, 0.3) is 22.3 Å². The molecule has 26 heavy (non-hydrogen) atoms. The van der Waals surface area contributed by atoms with Crippen LogP contribution in [0.4, 0.5) is 4.39 Å². The highest BCUT2D eigenvalue weighted by atomic mass is 19.1. The number of aromatic nitrogens is 2. The quantitative estimate of drug-likeness (QED) is 0.720. The lowest BCUT2D eigenvalue weighted by molar-refractivity contribution is 0.0384. The molecule has 4 nitrogen and oxygen atoms in total. The number of aryl methyl sites for hydroxylation is 1. The summed E-state index contributed by atoms with van der Waals surface area (Å²) in [5.41, 5.74) is 4.14. The molecule has 4 rings (SSSR count). The van der Waals surface area contributed by atoms with E-state index in [1.54, 1.807) is 12.3 Å². The first kappa shape index (κ1) is 17.1. The Balaban J connectivity index is 1.59. The van der Waals surface area contributed by atoms with Gasteiger partial charge in [0, 0.05) is 31.2 Å². The van der Waals surface area contributed by atoms with Crippen LogP contribution in [0.1, 0.15) is 11.1 Å². The molecule has 134 valence electrons. The molecule has 0 bridgehead atoms. The summed E-state index contributed by atoms with van der Waals surface area (Å²) in [6.45, 7) is 6.75. The summed E-state index contributed by atoms with van der Waals surface area (Å²) in [4.78, 5) is 11.2. The lowest BCUT2D eigenvalue weighted by atomic mass is 10.0. The highest BCUT2D eigenvalue weighted by Gasteiger charge is 2.12. The molecule has 0 amide bonds. The molecule has 5 heteroatoms. The van der Waals surface area contributed by atoms with Gasteiger partial charge >= 0.3 is 0 Å². The van der Waals surface area contributed by atoms with E-state index >= 15 is 0 Å². The van der Waals surface area contributed by atoms with Crippen LogP contribution in [0, 0.1) is 12.7 Å². The van der Waals surface area contributed by atoms with E-state index in [1.165, 1.54) is 11.6 Å². The van der Waals surface area contributed by atoms with Crippen LogP contribution in [0.15, 0.2) is 42.6 Å². The summed E-state index contributed by atoms with van der Waals surface area (Å²) in [6, 6.07) is 11.3. The number of halogens is 1. The van der Waals surface area contributed by atoms with Gasteiger partial charge in [0.1, 0.15) is 5.69 Å². The van der Waals surface area contributed by atoms with E-state index in [2.05, 4.69) is 27.0 Å². The first-order valence-electron chi connectivity index (χ1n) is 9.02. The van der Waals surface area contributed by atoms with Crippen molar-refractivity contribution in [2.45, 2.75) is 13.3 Å². The van der Waals surface area contributed by atoms with E-state index < -0.39 is 0 Å². The summed E-state index contributed by atoms with van der Waals surface area (Å²) in [6.07, 6.45) is 2.60. The SMILES string of the molecule is Cc1cc(-c2ncccc2F)nc2ccc(CCN3CCOCC3)cc12. The van der Waals surface area contributed by atoms with Crippen molar-refractivity contribution < 1.29 is 9.13 Å². The molecule has 0 spiro atoms. The van der Waals surface area contributed by atoms with Gasteiger partial charge in [0.2, 0.25) is 0 Å². The summed E-state index contributed by atoms with van der Waals surface area (Å²) >= 11 is 0. The fourth-order valence-corrected chi connectivity index (χ4v) is 3.40. The molecule has 3 aromatic rings. The van der Waals surface area contributed by atoms with Gasteiger partial charge in [0.15, 0.2) is 5.82 Å². The highest BCUT2D eigenvalue weighted by Crippen LogP contribution is 2.25. The van der Waals surface area contributed by atoms with E-state index in [1.807, 2.05) is 19.1 Å². The maximum absolute atomic E-state index is 14.0. The number of morpholine rings is 1. The zero-order valence-electron chi connectivity index (χ0n) is 14.9. The molecule has 1 aromatic carbocycles. The monoisotopic (exact) mass is 351 g/mol. The van der Waals surface area contributed by atoms with Gasteiger partial charge in [0.05, 0.1) is 24.4 Å². The maximum atomic E-state index is 14.0. The van der Waals surface area contributed by atoms with Gasteiger partial charge in [-0.25, -0.2) is 9.37 Å². The third-order valence-corrected chi connectivity index (χ3v) is 4.90. The molecule has 0 radical (unpaired) electrons. The van der Waals surface area contributed by atoms with Gasteiger partial charge in [0.25, 0.3) is 0 Å². The van der Waals surface area contributed by atoms with Crippen LogP contribution >= 0.6 is 0 Å². The molecule has 0 unspecified atom stereocenters. The topological polar surface area (TPSA) is 38.2 Å². The molecule has 0 N–H and O–H groups in total. The Bertz CT molecular complexity index is 922. The Morgan fingerprint density at radius 3 is 2.81 bits per heavy atom. The Kier molecular flexibility index (Phi) is 4.91. The first-order chi connectivity index (χ1) is 12.7. The summed E-state index contributed by atoms with van der Waals surface area (Å²) in [5.74, 6) is -0.346. The predicted octanol–water partition coefficient (Wildman–Crippen LogP) is 3.62. The minimum Gasteiger partial charge on any atom is -0.379 e. The molecule has 2 aromatic heterocycles. The normalized spacial score (nSPS) is 15.5. The number of fused-ring (bicyclic) bond motifs is 1. The smallest absolute Gasteiger partial charge is 0.151 e. The highest BCUT2D eigenvalue weighted by molar-refractivity contribution is 5.85. The fourth-order valence-electron chi connectivity index (χ4n) is 3.40. The minimum atomic E-state index is -0.346. The van der Waals surface area contributed by atoms with Crippen LogP contribution in [0.5, 0.6) is 0 Å². The van der Waals surface area contributed by atoms with Crippen molar-refractivity contribution in [3.8, 4) is 11.4 Å². The van der Waals surface area contributed by atoms with Crippen LogP contribution in [0.2, 0.25) is 0 Å². The number of hydrogen-bond acceptors (Lipinski definition) is 4. The van der Waals surface area contributed by atoms with Crippen molar-refractivity contribution in [1.82, 2.24) is 14.9 Å². The number of rotatable bonds is 4.